The molecule has 0 fully saturated rings. The Morgan fingerprint density at radius 2 is 1.71 bits per heavy atom. The molecule has 0 aliphatic carbocycles. The van der Waals surface area contributed by atoms with Crippen molar-refractivity contribution in [2.45, 2.75) is 6.18 Å². The lowest BCUT2D eigenvalue weighted by atomic mass is 10.3. The smallest absolute Gasteiger partial charge is 0.238 e. The number of halogens is 5. The molecule has 6 heteroatoms. The minimum Gasteiger partial charge on any atom is -0.238 e. The normalized spacial score (nSPS) is 13.1. The number of hydrogen-bond acceptors (Lipinski definition) is 1. The molecular weight excluding hydrogens is 329 g/mol. The number of rotatable bonds is 1. The zero-order chi connectivity index (χ0) is 10.8. The van der Waals surface area contributed by atoms with Gasteiger partial charge in [0.2, 0.25) is 0 Å². The van der Waals surface area contributed by atoms with Crippen molar-refractivity contribution in [3.05, 3.63) is 29.3 Å². The summed E-state index contributed by atoms with van der Waals surface area (Å²) in [6, 6.07) is 5.82. The van der Waals surface area contributed by atoms with Crippen LogP contribution in [0.1, 0.15) is 0 Å². The van der Waals surface area contributed by atoms with Crippen LogP contribution in [0, 0.1) is 0 Å². The van der Waals surface area contributed by atoms with E-state index in [0.717, 1.165) is 22.6 Å². The molecule has 0 unspecified atom stereocenters. The first-order valence-corrected chi connectivity index (χ1v) is 4.92. The van der Waals surface area contributed by atoms with E-state index in [-0.39, 0.29) is 5.69 Å². The van der Waals surface area contributed by atoms with E-state index in [1.807, 2.05) is 0 Å². The molecule has 0 aliphatic rings. The molecule has 76 valence electrons. The highest BCUT2D eigenvalue weighted by molar-refractivity contribution is 14.1. The second-order valence-corrected chi connectivity index (χ2v) is 3.84. The number of nitrogens with zero attached hydrogens (tertiary/aromatic N) is 1. The summed E-state index contributed by atoms with van der Waals surface area (Å²) < 4.78 is 35.2. The highest BCUT2D eigenvalue weighted by atomic mass is 127. The fourth-order valence-electron chi connectivity index (χ4n) is 0.692. The van der Waals surface area contributed by atoms with Gasteiger partial charge in [0, 0.05) is 5.02 Å². The molecule has 0 bridgehead atoms. The Bertz CT molecular complexity index is 345. The minimum atomic E-state index is -4.39. The molecule has 1 nitrogen and oxygen atoms in total. The van der Waals surface area contributed by atoms with E-state index in [1.165, 1.54) is 24.3 Å². The number of aliphatic imine (C=N–C) groups is 1. The molecule has 1 rings (SSSR count). The SMILES string of the molecule is FC(F)(F)C(I)=Nc1ccc(Cl)cc1. The van der Waals surface area contributed by atoms with Gasteiger partial charge in [-0.25, -0.2) is 4.99 Å². The van der Waals surface area contributed by atoms with Crippen molar-refractivity contribution in [2.75, 3.05) is 0 Å². The van der Waals surface area contributed by atoms with Gasteiger partial charge in [0.25, 0.3) is 0 Å². The summed E-state index contributed by atoms with van der Waals surface area (Å²) in [6.45, 7) is 0. The van der Waals surface area contributed by atoms with Gasteiger partial charge in [0.05, 0.1) is 5.69 Å². The molecule has 0 saturated carbocycles. The fourth-order valence-corrected chi connectivity index (χ4v) is 1.10. The van der Waals surface area contributed by atoms with Crippen molar-refractivity contribution in [3.8, 4) is 0 Å². The maximum absolute atomic E-state index is 12.0. The topological polar surface area (TPSA) is 12.4 Å². The van der Waals surface area contributed by atoms with Crippen LogP contribution in [0.3, 0.4) is 0 Å². The molecule has 1 aromatic carbocycles. The van der Waals surface area contributed by atoms with Crippen molar-refractivity contribution >= 4 is 43.6 Å². The van der Waals surface area contributed by atoms with E-state index in [4.69, 9.17) is 11.6 Å². The van der Waals surface area contributed by atoms with Crippen molar-refractivity contribution in [1.29, 1.82) is 0 Å². The van der Waals surface area contributed by atoms with Crippen molar-refractivity contribution in [2.24, 2.45) is 4.99 Å². The van der Waals surface area contributed by atoms with Crippen LogP contribution < -0.4 is 0 Å². The third kappa shape index (κ3) is 3.45. The molecule has 0 aliphatic heterocycles. The van der Waals surface area contributed by atoms with Crippen LogP contribution in [0.15, 0.2) is 29.3 Å². The predicted octanol–water partition coefficient (Wildman–Crippen LogP) is 4.37. The van der Waals surface area contributed by atoms with Crippen molar-refractivity contribution in [3.63, 3.8) is 0 Å². The molecule has 0 aromatic heterocycles. The summed E-state index contributed by atoms with van der Waals surface area (Å²) in [4.78, 5) is 3.39. The summed E-state index contributed by atoms with van der Waals surface area (Å²) in [7, 11) is 0. The first kappa shape index (κ1) is 11.8. The fraction of sp³-hybridized carbons (Fsp3) is 0.125. The van der Waals surface area contributed by atoms with Gasteiger partial charge in [-0.2, -0.15) is 13.2 Å². The van der Waals surface area contributed by atoms with Gasteiger partial charge in [-0.3, -0.25) is 0 Å². The Kier molecular flexibility index (Phi) is 3.77. The van der Waals surface area contributed by atoms with Crippen LogP contribution in [0.2, 0.25) is 5.02 Å². The van der Waals surface area contributed by atoms with Gasteiger partial charge in [-0.15, -0.1) is 0 Å². The van der Waals surface area contributed by atoms with Crippen molar-refractivity contribution < 1.29 is 13.2 Å². The Balaban J connectivity index is 2.93. The van der Waals surface area contributed by atoms with Crippen molar-refractivity contribution in [1.82, 2.24) is 0 Å². The van der Waals surface area contributed by atoms with Gasteiger partial charge in [0.15, 0.2) is 3.72 Å². The molecule has 0 spiro atoms. The maximum atomic E-state index is 12.0. The average Bonchev–Trinajstić information content (AvgIpc) is 2.07. The van der Waals surface area contributed by atoms with E-state index in [1.54, 1.807) is 0 Å². The highest BCUT2D eigenvalue weighted by Gasteiger charge is 2.33. The Morgan fingerprint density at radius 3 is 2.14 bits per heavy atom. The summed E-state index contributed by atoms with van der Waals surface area (Å²) in [5, 5.41) is 0.464. The molecule has 0 atom stereocenters. The monoisotopic (exact) mass is 333 g/mol. The first-order chi connectivity index (χ1) is 6.39. The van der Waals surface area contributed by atoms with Gasteiger partial charge < -0.3 is 0 Å². The van der Waals surface area contributed by atoms with Crippen LogP contribution in [0.5, 0.6) is 0 Å². The third-order valence-electron chi connectivity index (χ3n) is 1.29. The van der Waals surface area contributed by atoms with Crippen LogP contribution in [-0.4, -0.2) is 9.89 Å². The second kappa shape index (κ2) is 4.48. The molecule has 14 heavy (non-hydrogen) atoms. The maximum Gasteiger partial charge on any atom is 0.439 e. The first-order valence-electron chi connectivity index (χ1n) is 3.46. The standard InChI is InChI=1S/C8H4ClF3IN/c9-5-1-3-6(4-2-5)14-7(13)8(10,11)12/h1-4H. The van der Waals surface area contributed by atoms with Gasteiger partial charge in [-0.05, 0) is 46.9 Å². The lowest BCUT2D eigenvalue weighted by Crippen LogP contribution is -2.15. The van der Waals surface area contributed by atoms with E-state index in [9.17, 15) is 13.2 Å². The molecule has 0 heterocycles. The van der Waals surface area contributed by atoms with Crippen LogP contribution in [-0.2, 0) is 0 Å². The zero-order valence-corrected chi connectivity index (χ0v) is 9.56. The number of hydrogen-bond donors (Lipinski definition) is 0. The molecule has 0 amide bonds. The Hall–Kier alpha value is -0.300. The second-order valence-electron chi connectivity index (χ2n) is 2.38. The van der Waals surface area contributed by atoms with Crippen LogP contribution in [0.4, 0.5) is 18.9 Å². The number of alkyl halides is 3. The van der Waals surface area contributed by atoms with E-state index in [2.05, 4.69) is 4.99 Å². The van der Waals surface area contributed by atoms with Gasteiger partial charge >= 0.3 is 6.18 Å². The Morgan fingerprint density at radius 1 is 1.21 bits per heavy atom. The summed E-state index contributed by atoms with van der Waals surface area (Å²) in [6.07, 6.45) is -4.39. The summed E-state index contributed by atoms with van der Waals surface area (Å²) in [5.41, 5.74) is 0.233. The van der Waals surface area contributed by atoms with E-state index >= 15 is 0 Å². The highest BCUT2D eigenvalue weighted by Crippen LogP contribution is 2.25. The average molecular weight is 333 g/mol. The van der Waals surface area contributed by atoms with Crippen LogP contribution >= 0.6 is 34.2 Å². The minimum absolute atomic E-state index is 0.233. The largest absolute Gasteiger partial charge is 0.439 e. The van der Waals surface area contributed by atoms with Crippen LogP contribution in [0.25, 0.3) is 0 Å². The number of benzene rings is 1. The quantitative estimate of drug-likeness (QED) is 0.535. The lowest BCUT2D eigenvalue weighted by Gasteiger charge is -2.03. The lowest BCUT2D eigenvalue weighted by molar-refractivity contribution is -0.0544. The van der Waals surface area contributed by atoms with E-state index < -0.39 is 9.89 Å². The predicted molar refractivity (Wildman–Crippen MR) is 58.6 cm³/mol. The summed E-state index contributed by atoms with van der Waals surface area (Å²) in [5.74, 6) is 0. The molecule has 1 aromatic rings. The summed E-state index contributed by atoms with van der Waals surface area (Å²) >= 11 is 6.72. The molecule has 0 saturated heterocycles. The molecule has 0 radical (unpaired) electrons. The van der Waals surface area contributed by atoms with Gasteiger partial charge in [0.1, 0.15) is 0 Å². The molecular formula is C8H4ClF3IN. The molecule has 0 N–H and O–H groups in total. The Labute approximate surface area is 97.1 Å². The van der Waals surface area contributed by atoms with Gasteiger partial charge in [-0.1, -0.05) is 11.6 Å². The third-order valence-corrected chi connectivity index (χ3v) is 2.39. The zero-order valence-electron chi connectivity index (χ0n) is 6.65. The van der Waals surface area contributed by atoms with E-state index in [0.29, 0.717) is 5.02 Å².